The van der Waals surface area contributed by atoms with Crippen molar-refractivity contribution >= 4 is 27.9 Å². The average molecular weight is 301 g/mol. The predicted molar refractivity (Wildman–Crippen MR) is 83.8 cm³/mol. The number of aryl methyl sites for hydroxylation is 1. The molecule has 2 aromatic heterocycles. The normalized spacial score (nSPS) is 11.1. The Bertz CT molecular complexity index is 791. The maximum absolute atomic E-state index is 10.9. The van der Waals surface area contributed by atoms with Crippen molar-refractivity contribution in [3.05, 3.63) is 56.7 Å². The molecule has 3 rings (SSSR count). The highest BCUT2D eigenvalue weighted by molar-refractivity contribution is 7.09. The molecule has 2 heterocycles. The van der Waals surface area contributed by atoms with Gasteiger partial charge in [0.15, 0.2) is 0 Å². The summed E-state index contributed by atoms with van der Waals surface area (Å²) in [5.74, 6) is 0. The number of benzene rings is 1. The highest BCUT2D eigenvalue weighted by Crippen LogP contribution is 2.23. The Hall–Kier alpha value is -2.21. The van der Waals surface area contributed by atoms with Crippen LogP contribution in [0.4, 0.5) is 5.69 Å². The zero-order valence-electron chi connectivity index (χ0n) is 11.7. The molecular weight excluding hydrogens is 286 g/mol. The Morgan fingerprint density at radius 3 is 3.00 bits per heavy atom. The van der Waals surface area contributed by atoms with Gasteiger partial charge in [-0.15, -0.1) is 11.3 Å². The number of non-ortho nitro benzene ring substituents is 1. The van der Waals surface area contributed by atoms with Crippen LogP contribution >= 0.6 is 11.3 Å². The van der Waals surface area contributed by atoms with Crippen molar-refractivity contribution in [3.63, 3.8) is 0 Å². The van der Waals surface area contributed by atoms with Crippen LogP contribution in [-0.2, 0) is 13.0 Å². The fraction of sp³-hybridized carbons (Fsp3) is 0.267. The summed E-state index contributed by atoms with van der Waals surface area (Å²) < 4.78 is 2.01. The lowest BCUT2D eigenvalue weighted by atomic mass is 10.2. The summed E-state index contributed by atoms with van der Waals surface area (Å²) in [7, 11) is 0. The Morgan fingerprint density at radius 1 is 1.38 bits per heavy atom. The maximum Gasteiger partial charge on any atom is 0.271 e. The molecule has 21 heavy (non-hydrogen) atoms. The van der Waals surface area contributed by atoms with E-state index in [1.807, 2.05) is 16.8 Å². The first kappa shape index (κ1) is 13.8. The topological polar surface area (TPSA) is 61.0 Å². The van der Waals surface area contributed by atoms with Gasteiger partial charge in [-0.1, -0.05) is 6.92 Å². The van der Waals surface area contributed by atoms with Gasteiger partial charge in [0.2, 0.25) is 0 Å². The molecule has 0 fully saturated rings. The summed E-state index contributed by atoms with van der Waals surface area (Å²) in [5, 5.41) is 15.1. The van der Waals surface area contributed by atoms with Gasteiger partial charge in [-0.2, -0.15) is 0 Å². The molecule has 0 unspecified atom stereocenters. The number of nitrogens with zero attached hydrogens (tertiary/aromatic N) is 3. The minimum Gasteiger partial charge on any atom is -0.341 e. The van der Waals surface area contributed by atoms with Gasteiger partial charge in [0.1, 0.15) is 0 Å². The van der Waals surface area contributed by atoms with Crippen LogP contribution in [0.1, 0.15) is 24.0 Å². The molecule has 0 aliphatic rings. The summed E-state index contributed by atoms with van der Waals surface area (Å²) >= 11 is 1.68. The molecule has 0 saturated heterocycles. The lowest BCUT2D eigenvalue weighted by Gasteiger charge is -2.03. The Morgan fingerprint density at radius 2 is 2.24 bits per heavy atom. The van der Waals surface area contributed by atoms with Crippen molar-refractivity contribution in [2.24, 2.45) is 0 Å². The van der Waals surface area contributed by atoms with Crippen LogP contribution in [-0.4, -0.2) is 14.5 Å². The quantitative estimate of drug-likeness (QED) is 0.528. The zero-order valence-corrected chi connectivity index (χ0v) is 12.5. The minimum atomic E-state index is -0.362. The molecule has 0 spiro atoms. The number of hydrogen-bond donors (Lipinski definition) is 0. The van der Waals surface area contributed by atoms with Crippen LogP contribution in [0.2, 0.25) is 0 Å². The van der Waals surface area contributed by atoms with Gasteiger partial charge in [0.25, 0.3) is 5.69 Å². The summed E-state index contributed by atoms with van der Waals surface area (Å²) in [6, 6.07) is 6.91. The van der Waals surface area contributed by atoms with Crippen molar-refractivity contribution in [1.82, 2.24) is 9.55 Å². The highest BCUT2D eigenvalue weighted by Gasteiger charge is 2.10. The summed E-state index contributed by atoms with van der Waals surface area (Å²) in [6.45, 7) is 2.78. The van der Waals surface area contributed by atoms with Crippen LogP contribution in [0, 0.1) is 10.1 Å². The molecule has 0 bridgehead atoms. The molecule has 0 amide bonds. The van der Waals surface area contributed by atoms with Gasteiger partial charge in [-0.25, -0.2) is 4.98 Å². The predicted octanol–water partition coefficient (Wildman–Crippen LogP) is 4.01. The first-order chi connectivity index (χ1) is 10.2. The van der Waals surface area contributed by atoms with Crippen LogP contribution in [0.15, 0.2) is 35.8 Å². The molecule has 0 aliphatic heterocycles. The van der Waals surface area contributed by atoms with Crippen LogP contribution < -0.4 is 0 Å². The number of aromatic nitrogens is 2. The third kappa shape index (κ3) is 2.80. The first-order valence-corrected chi connectivity index (χ1v) is 7.72. The second-order valence-electron chi connectivity index (χ2n) is 4.93. The van der Waals surface area contributed by atoms with Gasteiger partial charge >= 0.3 is 0 Å². The molecule has 0 aliphatic carbocycles. The van der Waals surface area contributed by atoms with Crippen LogP contribution in [0.5, 0.6) is 0 Å². The molecular formula is C15H15N3O2S. The Balaban J connectivity index is 1.92. The number of rotatable bonds is 5. The molecule has 3 aromatic rings. The number of nitro benzene ring substituents is 1. The molecule has 0 N–H and O–H groups in total. The third-order valence-electron chi connectivity index (χ3n) is 3.36. The standard InChI is InChI=1S/C15H15N3O2S/c1-2-3-15-16-12(10-21-15)9-17-7-6-11-4-5-13(18(19)20)8-14(11)17/h4-8,10H,2-3,9H2,1H3. The summed E-state index contributed by atoms with van der Waals surface area (Å²) in [4.78, 5) is 15.1. The van der Waals surface area contributed by atoms with E-state index in [0.717, 1.165) is 34.4 Å². The molecule has 0 saturated carbocycles. The van der Waals surface area contributed by atoms with Crippen molar-refractivity contribution < 1.29 is 4.92 Å². The van der Waals surface area contributed by atoms with E-state index in [1.165, 1.54) is 6.07 Å². The van der Waals surface area contributed by atoms with E-state index in [2.05, 4.69) is 17.3 Å². The number of hydrogen-bond acceptors (Lipinski definition) is 4. The summed E-state index contributed by atoms with van der Waals surface area (Å²) in [6.07, 6.45) is 4.04. The monoisotopic (exact) mass is 301 g/mol. The van der Waals surface area contributed by atoms with Crippen molar-refractivity contribution in [2.75, 3.05) is 0 Å². The zero-order chi connectivity index (χ0) is 14.8. The van der Waals surface area contributed by atoms with Gasteiger partial charge in [-0.05, 0) is 25.0 Å². The van der Waals surface area contributed by atoms with Gasteiger partial charge < -0.3 is 4.57 Å². The first-order valence-electron chi connectivity index (χ1n) is 6.84. The number of thiazole rings is 1. The molecule has 1 aromatic carbocycles. The average Bonchev–Trinajstić information content (AvgIpc) is 3.07. The highest BCUT2D eigenvalue weighted by atomic mass is 32.1. The van der Waals surface area contributed by atoms with E-state index in [0.29, 0.717) is 6.54 Å². The van der Waals surface area contributed by atoms with E-state index in [4.69, 9.17) is 0 Å². The maximum atomic E-state index is 10.9. The van der Waals surface area contributed by atoms with Crippen LogP contribution in [0.25, 0.3) is 10.9 Å². The van der Waals surface area contributed by atoms with Gasteiger partial charge in [-0.3, -0.25) is 10.1 Å². The molecule has 5 nitrogen and oxygen atoms in total. The Kier molecular flexibility index (Phi) is 3.70. The number of fused-ring (bicyclic) bond motifs is 1. The minimum absolute atomic E-state index is 0.118. The van der Waals surface area contributed by atoms with E-state index < -0.39 is 0 Å². The largest absolute Gasteiger partial charge is 0.341 e. The van der Waals surface area contributed by atoms with Gasteiger partial charge in [0, 0.05) is 29.1 Å². The number of nitro groups is 1. The fourth-order valence-corrected chi connectivity index (χ4v) is 3.24. The lowest BCUT2D eigenvalue weighted by molar-refractivity contribution is -0.384. The van der Waals surface area contributed by atoms with Crippen molar-refractivity contribution in [3.8, 4) is 0 Å². The lowest BCUT2D eigenvalue weighted by Crippen LogP contribution is -1.99. The second-order valence-corrected chi connectivity index (χ2v) is 5.87. The molecule has 0 radical (unpaired) electrons. The molecule has 108 valence electrons. The Labute approximate surface area is 126 Å². The van der Waals surface area contributed by atoms with Crippen LogP contribution in [0.3, 0.4) is 0 Å². The SMILES string of the molecule is CCCc1nc(Cn2ccc3ccc([N+](=O)[O-])cc32)cs1. The van der Waals surface area contributed by atoms with E-state index in [-0.39, 0.29) is 10.6 Å². The molecule has 0 atom stereocenters. The third-order valence-corrected chi connectivity index (χ3v) is 4.32. The smallest absolute Gasteiger partial charge is 0.271 e. The summed E-state index contributed by atoms with van der Waals surface area (Å²) in [5.41, 5.74) is 1.99. The van der Waals surface area contributed by atoms with Crippen molar-refractivity contribution in [1.29, 1.82) is 0 Å². The van der Waals surface area contributed by atoms with E-state index in [1.54, 1.807) is 23.5 Å². The second kappa shape index (κ2) is 5.65. The van der Waals surface area contributed by atoms with E-state index in [9.17, 15) is 10.1 Å². The molecule has 6 heteroatoms. The van der Waals surface area contributed by atoms with Gasteiger partial charge in [0.05, 0.1) is 27.7 Å². The fourth-order valence-electron chi connectivity index (χ4n) is 2.35. The van der Waals surface area contributed by atoms with E-state index >= 15 is 0 Å². The van der Waals surface area contributed by atoms with Crippen molar-refractivity contribution in [2.45, 2.75) is 26.3 Å².